The molecular formula is C14H17NO4. The second-order valence-corrected chi connectivity index (χ2v) is 4.02. The molecule has 1 aromatic carbocycles. The Morgan fingerprint density at radius 2 is 1.95 bits per heavy atom. The Morgan fingerprint density at radius 1 is 1.26 bits per heavy atom. The lowest BCUT2D eigenvalue weighted by atomic mass is 9.97. The minimum Gasteiger partial charge on any atom is -0.493 e. The van der Waals surface area contributed by atoms with Crippen molar-refractivity contribution >= 4 is 12.0 Å². The predicted molar refractivity (Wildman–Crippen MR) is 71.1 cm³/mol. The van der Waals surface area contributed by atoms with Gasteiger partial charge in [0.1, 0.15) is 0 Å². The van der Waals surface area contributed by atoms with E-state index in [-0.39, 0.29) is 5.97 Å². The van der Waals surface area contributed by atoms with Crippen LogP contribution in [0.4, 0.5) is 0 Å². The monoisotopic (exact) mass is 263 g/mol. The van der Waals surface area contributed by atoms with Crippen molar-refractivity contribution in [1.82, 2.24) is 5.32 Å². The van der Waals surface area contributed by atoms with Gasteiger partial charge in [-0.1, -0.05) is 0 Å². The number of carbonyl (C=O) groups excluding carboxylic acids is 1. The largest absolute Gasteiger partial charge is 0.493 e. The second kappa shape index (κ2) is 5.65. The molecule has 5 nitrogen and oxygen atoms in total. The van der Waals surface area contributed by atoms with Gasteiger partial charge in [0.25, 0.3) is 0 Å². The summed E-state index contributed by atoms with van der Waals surface area (Å²) in [4.78, 5) is 11.9. The molecule has 0 aliphatic carbocycles. The Hall–Kier alpha value is -2.17. The van der Waals surface area contributed by atoms with E-state index in [2.05, 4.69) is 5.32 Å². The van der Waals surface area contributed by atoms with E-state index in [0.717, 1.165) is 11.1 Å². The average Bonchev–Trinajstić information content (AvgIpc) is 2.45. The van der Waals surface area contributed by atoms with E-state index in [1.807, 2.05) is 12.1 Å². The molecule has 2 rings (SSSR count). The molecule has 5 heteroatoms. The number of benzene rings is 1. The molecular weight excluding hydrogens is 246 g/mol. The number of methoxy groups -OCH3 is 2. The standard InChI is InChI=1S/C14H17NO4/c1-4-19-14(16)13-10-8-12(18-3)11(17-2)7-9(10)5-6-15-13/h5-8,13,15H,4H2,1-3H3. The zero-order valence-electron chi connectivity index (χ0n) is 11.2. The lowest BCUT2D eigenvalue weighted by Crippen LogP contribution is -2.29. The summed E-state index contributed by atoms with van der Waals surface area (Å²) in [5.41, 5.74) is 1.73. The number of esters is 1. The van der Waals surface area contributed by atoms with Gasteiger partial charge in [-0.15, -0.1) is 0 Å². The van der Waals surface area contributed by atoms with Crippen molar-refractivity contribution in [3.05, 3.63) is 29.5 Å². The number of nitrogens with one attached hydrogen (secondary N) is 1. The van der Waals surface area contributed by atoms with Crippen molar-refractivity contribution < 1.29 is 19.0 Å². The van der Waals surface area contributed by atoms with Crippen LogP contribution in [0.3, 0.4) is 0 Å². The summed E-state index contributed by atoms with van der Waals surface area (Å²) in [7, 11) is 3.15. The molecule has 0 fully saturated rings. The fraction of sp³-hybridized carbons (Fsp3) is 0.357. The Labute approximate surface area is 112 Å². The van der Waals surface area contributed by atoms with E-state index in [0.29, 0.717) is 18.1 Å². The van der Waals surface area contributed by atoms with Crippen LogP contribution in [0, 0.1) is 0 Å². The first kappa shape index (κ1) is 13.3. The number of hydrogen-bond acceptors (Lipinski definition) is 5. The first-order valence-corrected chi connectivity index (χ1v) is 6.06. The predicted octanol–water partition coefficient (Wildman–Crippen LogP) is 1.88. The molecule has 1 heterocycles. The van der Waals surface area contributed by atoms with E-state index < -0.39 is 6.04 Å². The molecule has 0 spiro atoms. The minimum atomic E-state index is -0.514. The molecule has 1 N–H and O–H groups in total. The van der Waals surface area contributed by atoms with Crippen LogP contribution in [-0.4, -0.2) is 26.8 Å². The molecule has 0 bridgehead atoms. The zero-order valence-corrected chi connectivity index (χ0v) is 11.2. The summed E-state index contributed by atoms with van der Waals surface area (Å²) in [6.45, 7) is 2.13. The van der Waals surface area contributed by atoms with Gasteiger partial charge >= 0.3 is 5.97 Å². The summed E-state index contributed by atoms with van der Waals surface area (Å²) >= 11 is 0. The van der Waals surface area contributed by atoms with Crippen molar-refractivity contribution in [3.8, 4) is 11.5 Å². The topological polar surface area (TPSA) is 56.8 Å². The SMILES string of the molecule is CCOC(=O)C1NC=Cc2cc(OC)c(OC)cc21. The van der Waals surface area contributed by atoms with Crippen molar-refractivity contribution in [2.75, 3.05) is 20.8 Å². The average molecular weight is 263 g/mol. The van der Waals surface area contributed by atoms with Crippen molar-refractivity contribution in [2.45, 2.75) is 13.0 Å². The first-order valence-electron chi connectivity index (χ1n) is 6.06. The molecule has 1 aromatic rings. The highest BCUT2D eigenvalue weighted by molar-refractivity contribution is 5.82. The van der Waals surface area contributed by atoms with Gasteiger partial charge in [0, 0.05) is 0 Å². The van der Waals surface area contributed by atoms with Gasteiger partial charge in [-0.25, -0.2) is 4.79 Å². The third kappa shape index (κ3) is 2.50. The lowest BCUT2D eigenvalue weighted by Gasteiger charge is -2.23. The summed E-state index contributed by atoms with van der Waals surface area (Å²) in [6.07, 6.45) is 3.61. The minimum absolute atomic E-state index is 0.305. The van der Waals surface area contributed by atoms with Crippen LogP contribution >= 0.6 is 0 Å². The van der Waals surface area contributed by atoms with Crippen molar-refractivity contribution in [2.24, 2.45) is 0 Å². The van der Waals surface area contributed by atoms with Crippen molar-refractivity contribution in [1.29, 1.82) is 0 Å². The zero-order chi connectivity index (χ0) is 13.8. The maximum absolute atomic E-state index is 11.9. The summed E-state index contributed by atoms with van der Waals surface area (Å²) < 4.78 is 15.6. The molecule has 102 valence electrons. The molecule has 1 aliphatic heterocycles. The van der Waals surface area contributed by atoms with Crippen LogP contribution in [0.5, 0.6) is 11.5 Å². The van der Waals surface area contributed by atoms with Crippen LogP contribution < -0.4 is 14.8 Å². The Bertz CT molecular complexity index is 510. The fourth-order valence-corrected chi connectivity index (χ4v) is 2.05. The quantitative estimate of drug-likeness (QED) is 0.841. The molecule has 1 aliphatic rings. The van der Waals surface area contributed by atoms with Gasteiger partial charge < -0.3 is 19.5 Å². The maximum atomic E-state index is 11.9. The Morgan fingerprint density at radius 3 is 2.58 bits per heavy atom. The number of ether oxygens (including phenoxy) is 3. The van der Waals surface area contributed by atoms with Crippen LogP contribution in [-0.2, 0) is 9.53 Å². The van der Waals surface area contributed by atoms with Gasteiger partial charge in [-0.05, 0) is 42.5 Å². The summed E-state index contributed by atoms with van der Waals surface area (Å²) in [5, 5.41) is 3.00. The fourth-order valence-electron chi connectivity index (χ4n) is 2.05. The van der Waals surface area contributed by atoms with Gasteiger partial charge in [-0.3, -0.25) is 0 Å². The molecule has 1 atom stereocenters. The highest BCUT2D eigenvalue weighted by atomic mass is 16.5. The molecule has 0 saturated carbocycles. The second-order valence-electron chi connectivity index (χ2n) is 4.02. The third-order valence-corrected chi connectivity index (χ3v) is 2.95. The molecule has 0 amide bonds. The molecule has 0 radical (unpaired) electrons. The van der Waals surface area contributed by atoms with Gasteiger partial charge in [-0.2, -0.15) is 0 Å². The van der Waals surface area contributed by atoms with Gasteiger partial charge in [0.15, 0.2) is 17.5 Å². The lowest BCUT2D eigenvalue weighted by molar-refractivity contribution is -0.145. The van der Waals surface area contributed by atoms with E-state index in [9.17, 15) is 4.79 Å². The van der Waals surface area contributed by atoms with Crippen LogP contribution in [0.1, 0.15) is 24.1 Å². The smallest absolute Gasteiger partial charge is 0.333 e. The van der Waals surface area contributed by atoms with E-state index in [4.69, 9.17) is 14.2 Å². The Balaban J connectivity index is 2.43. The van der Waals surface area contributed by atoms with Crippen LogP contribution in [0.25, 0.3) is 6.08 Å². The third-order valence-electron chi connectivity index (χ3n) is 2.95. The summed E-state index contributed by atoms with van der Waals surface area (Å²) in [5.74, 6) is 0.920. The van der Waals surface area contributed by atoms with Crippen LogP contribution in [0.2, 0.25) is 0 Å². The van der Waals surface area contributed by atoms with E-state index >= 15 is 0 Å². The molecule has 0 aromatic heterocycles. The normalized spacial score (nSPS) is 16.3. The number of hydrogen-bond donors (Lipinski definition) is 1. The van der Waals surface area contributed by atoms with E-state index in [1.165, 1.54) is 0 Å². The molecule has 19 heavy (non-hydrogen) atoms. The molecule has 1 unspecified atom stereocenters. The molecule has 0 saturated heterocycles. The van der Waals surface area contributed by atoms with Crippen molar-refractivity contribution in [3.63, 3.8) is 0 Å². The van der Waals surface area contributed by atoms with E-state index in [1.54, 1.807) is 33.4 Å². The number of carbonyl (C=O) groups is 1. The first-order chi connectivity index (χ1) is 9.21. The maximum Gasteiger partial charge on any atom is 0.333 e. The summed E-state index contributed by atoms with van der Waals surface area (Å²) in [6, 6.07) is 3.13. The van der Waals surface area contributed by atoms with Gasteiger partial charge in [0.2, 0.25) is 0 Å². The van der Waals surface area contributed by atoms with Crippen LogP contribution in [0.15, 0.2) is 18.3 Å². The highest BCUT2D eigenvalue weighted by Gasteiger charge is 2.26. The Kier molecular flexibility index (Phi) is 3.94. The highest BCUT2D eigenvalue weighted by Crippen LogP contribution is 2.35. The van der Waals surface area contributed by atoms with Gasteiger partial charge in [0.05, 0.1) is 20.8 Å². The number of rotatable bonds is 4. The number of fused-ring (bicyclic) bond motifs is 1.